The monoisotopic (exact) mass is 249 g/mol. The van der Waals surface area contributed by atoms with Crippen molar-refractivity contribution in [2.75, 3.05) is 0 Å². The third kappa shape index (κ3) is 9.58. The van der Waals surface area contributed by atoms with Crippen LogP contribution in [0.5, 0.6) is 0 Å². The van der Waals surface area contributed by atoms with E-state index in [1.54, 1.807) is 0 Å². The van der Waals surface area contributed by atoms with E-state index in [4.69, 9.17) is 16.6 Å². The van der Waals surface area contributed by atoms with Crippen LogP contribution in [0, 0.1) is 10.8 Å². The van der Waals surface area contributed by atoms with Crippen LogP contribution in [0.2, 0.25) is 0 Å². The Kier molecular flexibility index (Phi) is 11.5. The number of unbranched alkanes of at least 4 members (excludes halogenated alkanes) is 2. The van der Waals surface area contributed by atoms with Gasteiger partial charge in [0.25, 0.3) is 0 Å². The topological polar surface area (TPSA) is 97.8 Å². The molecule has 0 rings (SSSR count). The summed E-state index contributed by atoms with van der Waals surface area (Å²) in [7, 11) is 0. The molecule has 0 aromatic carbocycles. The highest BCUT2D eigenvalue weighted by Crippen LogP contribution is 2.05. The molecule has 0 fully saturated rings. The van der Waals surface area contributed by atoms with Crippen LogP contribution in [0.3, 0.4) is 0 Å². The predicted octanol–water partition coefficient (Wildman–Crippen LogP) is 1.77. The van der Waals surface area contributed by atoms with Gasteiger partial charge in [-0.1, -0.05) is 33.1 Å². The Morgan fingerprint density at radius 2 is 1.88 bits per heavy atom. The van der Waals surface area contributed by atoms with Gasteiger partial charge in [0, 0.05) is 6.04 Å². The van der Waals surface area contributed by atoms with E-state index < -0.39 is 0 Å². The van der Waals surface area contributed by atoms with Gasteiger partial charge in [0.15, 0.2) is 11.9 Å². The molecule has 0 spiro atoms. The Morgan fingerprint density at radius 3 is 2.31 bits per heavy atom. The zero-order valence-corrected chi connectivity index (χ0v) is 10.9. The van der Waals surface area contributed by atoms with Crippen LogP contribution in [-0.2, 0) is 0 Å². The zero-order chi connectivity index (χ0) is 11.7. The fourth-order valence-electron chi connectivity index (χ4n) is 1.39. The molecule has 6 N–H and O–H groups in total. The summed E-state index contributed by atoms with van der Waals surface area (Å²) >= 11 is 0. The van der Waals surface area contributed by atoms with Crippen LogP contribution in [0.1, 0.15) is 46.0 Å². The van der Waals surface area contributed by atoms with Crippen LogP contribution in [0.4, 0.5) is 0 Å². The Bertz CT molecular complexity index is 207. The Morgan fingerprint density at radius 1 is 1.25 bits per heavy atom. The molecule has 0 aliphatic heterocycles. The van der Waals surface area contributed by atoms with Gasteiger partial charge in [-0.15, -0.1) is 12.4 Å². The summed E-state index contributed by atoms with van der Waals surface area (Å²) in [5, 5.41) is 19.9. The van der Waals surface area contributed by atoms with E-state index in [-0.39, 0.29) is 24.3 Å². The second-order valence-corrected chi connectivity index (χ2v) is 3.66. The van der Waals surface area contributed by atoms with E-state index in [0.717, 1.165) is 12.8 Å². The third-order valence-corrected chi connectivity index (χ3v) is 2.26. The lowest BCUT2D eigenvalue weighted by atomic mass is 10.1. The van der Waals surface area contributed by atoms with E-state index in [9.17, 15) is 0 Å². The van der Waals surface area contributed by atoms with Crippen molar-refractivity contribution in [3.05, 3.63) is 0 Å². The van der Waals surface area contributed by atoms with E-state index >= 15 is 0 Å². The molecular formula is C10H24ClN5. The first-order valence-electron chi connectivity index (χ1n) is 5.56. The molecule has 0 bridgehead atoms. The Hall–Kier alpha value is -0.970. The molecular weight excluding hydrogens is 226 g/mol. The summed E-state index contributed by atoms with van der Waals surface area (Å²) < 4.78 is 0. The smallest absolute Gasteiger partial charge is 0.195 e. The highest BCUT2D eigenvalue weighted by molar-refractivity contribution is 5.94. The van der Waals surface area contributed by atoms with E-state index in [1.807, 2.05) is 0 Å². The average molecular weight is 250 g/mol. The zero-order valence-electron chi connectivity index (χ0n) is 10.1. The molecule has 0 aromatic rings. The van der Waals surface area contributed by atoms with E-state index in [0.29, 0.717) is 6.04 Å². The number of nitrogens with one attached hydrogen (secondary N) is 4. The van der Waals surface area contributed by atoms with Crippen molar-refractivity contribution in [1.29, 1.82) is 10.8 Å². The maximum Gasteiger partial charge on any atom is 0.195 e. The van der Waals surface area contributed by atoms with Gasteiger partial charge >= 0.3 is 0 Å². The summed E-state index contributed by atoms with van der Waals surface area (Å²) in [6, 6.07) is 0.302. The van der Waals surface area contributed by atoms with Crippen molar-refractivity contribution in [3.63, 3.8) is 0 Å². The minimum Gasteiger partial charge on any atom is -0.370 e. The quantitative estimate of drug-likeness (QED) is 0.282. The van der Waals surface area contributed by atoms with Crippen LogP contribution >= 0.6 is 12.4 Å². The molecule has 0 aromatic heterocycles. The fourth-order valence-corrected chi connectivity index (χ4v) is 1.39. The van der Waals surface area contributed by atoms with Crippen LogP contribution in [0.15, 0.2) is 0 Å². The Balaban J connectivity index is 0. The third-order valence-electron chi connectivity index (χ3n) is 2.26. The van der Waals surface area contributed by atoms with Crippen molar-refractivity contribution in [2.24, 2.45) is 5.73 Å². The molecule has 0 saturated carbocycles. The van der Waals surface area contributed by atoms with Crippen molar-refractivity contribution < 1.29 is 0 Å². The minimum atomic E-state index is -0.198. The number of hydrogen-bond donors (Lipinski definition) is 5. The van der Waals surface area contributed by atoms with Crippen molar-refractivity contribution in [1.82, 2.24) is 10.6 Å². The molecule has 0 aliphatic carbocycles. The lowest BCUT2D eigenvalue weighted by molar-refractivity contribution is 0.504. The summed E-state index contributed by atoms with van der Waals surface area (Å²) in [4.78, 5) is 0. The van der Waals surface area contributed by atoms with E-state index in [1.165, 1.54) is 19.3 Å². The SMILES string of the molecule is CCCCCC(CC)NC(=N)NC(=N)N.Cl. The largest absolute Gasteiger partial charge is 0.370 e. The molecule has 16 heavy (non-hydrogen) atoms. The first-order chi connectivity index (χ1) is 7.10. The summed E-state index contributed by atoms with van der Waals surface area (Å²) in [6.45, 7) is 4.26. The van der Waals surface area contributed by atoms with Crippen LogP contribution < -0.4 is 16.4 Å². The number of halogens is 1. The number of hydrogen-bond acceptors (Lipinski definition) is 2. The van der Waals surface area contributed by atoms with Gasteiger partial charge in [0.2, 0.25) is 0 Å². The minimum absolute atomic E-state index is 0. The van der Waals surface area contributed by atoms with Gasteiger partial charge in [-0.3, -0.25) is 16.1 Å². The second-order valence-electron chi connectivity index (χ2n) is 3.66. The van der Waals surface area contributed by atoms with E-state index in [2.05, 4.69) is 24.5 Å². The molecule has 0 amide bonds. The van der Waals surface area contributed by atoms with Crippen LogP contribution in [-0.4, -0.2) is 18.0 Å². The maximum atomic E-state index is 7.49. The summed E-state index contributed by atoms with van der Waals surface area (Å²) in [5.41, 5.74) is 5.12. The average Bonchev–Trinajstić information content (AvgIpc) is 2.15. The maximum absolute atomic E-state index is 7.49. The lowest BCUT2D eigenvalue weighted by Gasteiger charge is -2.18. The van der Waals surface area contributed by atoms with Gasteiger partial charge in [-0.2, -0.15) is 0 Å². The van der Waals surface area contributed by atoms with Gasteiger partial charge in [-0.05, 0) is 12.8 Å². The van der Waals surface area contributed by atoms with Gasteiger partial charge in [0.05, 0.1) is 0 Å². The molecule has 1 atom stereocenters. The molecule has 0 radical (unpaired) electrons. The Labute approximate surface area is 104 Å². The van der Waals surface area contributed by atoms with Crippen molar-refractivity contribution >= 4 is 24.3 Å². The molecule has 0 saturated heterocycles. The predicted molar refractivity (Wildman–Crippen MR) is 71.4 cm³/mol. The molecule has 96 valence electrons. The standard InChI is InChI=1S/C10H23N5.ClH/c1-3-5-6-7-8(4-2)14-10(13)15-9(11)12;/h8H,3-7H2,1-2H3,(H6,11,12,13,14,15);1H. The normalized spacial score (nSPS) is 11.1. The highest BCUT2D eigenvalue weighted by atomic mass is 35.5. The second kappa shape index (κ2) is 10.5. The first-order valence-corrected chi connectivity index (χ1v) is 5.56. The number of nitrogens with two attached hydrogens (primary N) is 1. The van der Waals surface area contributed by atoms with Crippen molar-refractivity contribution in [3.8, 4) is 0 Å². The molecule has 5 nitrogen and oxygen atoms in total. The summed E-state index contributed by atoms with van der Waals surface area (Å²) in [6.07, 6.45) is 5.65. The molecule has 1 unspecified atom stereocenters. The van der Waals surface area contributed by atoms with Crippen LogP contribution in [0.25, 0.3) is 0 Å². The number of guanidine groups is 2. The summed E-state index contributed by atoms with van der Waals surface area (Å²) in [5.74, 6) is -0.0817. The first kappa shape index (κ1) is 17.4. The lowest BCUT2D eigenvalue weighted by Crippen LogP contribution is -2.47. The van der Waals surface area contributed by atoms with Gasteiger partial charge in [0.1, 0.15) is 0 Å². The number of rotatable bonds is 6. The molecule has 6 heteroatoms. The fraction of sp³-hybridized carbons (Fsp3) is 0.800. The highest BCUT2D eigenvalue weighted by Gasteiger charge is 2.07. The van der Waals surface area contributed by atoms with Gasteiger partial charge in [-0.25, -0.2) is 0 Å². The van der Waals surface area contributed by atoms with Gasteiger partial charge < -0.3 is 11.1 Å². The molecule has 0 heterocycles. The molecule has 0 aliphatic rings. The van der Waals surface area contributed by atoms with Crippen molar-refractivity contribution in [2.45, 2.75) is 52.0 Å².